The summed E-state index contributed by atoms with van der Waals surface area (Å²) < 4.78 is 22.8. The Labute approximate surface area is 265 Å². The number of hydrogen-bond donors (Lipinski definition) is 2. The quantitative estimate of drug-likeness (QED) is 0.153. The molecular formula is C35H37N5O4Si. The van der Waals surface area contributed by atoms with E-state index in [-0.39, 0.29) is 27.2 Å². The van der Waals surface area contributed by atoms with Crippen molar-refractivity contribution in [2.45, 2.75) is 62.1 Å². The molecule has 5 aromatic rings. The van der Waals surface area contributed by atoms with Crippen LogP contribution in [0.25, 0.3) is 11.2 Å². The third-order valence-electron chi connectivity index (χ3n) is 8.00. The van der Waals surface area contributed by atoms with Gasteiger partial charge in [-0.2, -0.15) is 0 Å². The molecule has 6 rings (SSSR count). The number of aliphatic hydroxyl groups excluding tert-OH is 1. The van der Waals surface area contributed by atoms with E-state index in [9.17, 15) is 5.11 Å². The lowest BCUT2D eigenvalue weighted by Crippen LogP contribution is -2.61. The summed E-state index contributed by atoms with van der Waals surface area (Å²) in [4.78, 5) is 13.0. The van der Waals surface area contributed by atoms with Crippen LogP contribution in [0.4, 0.5) is 5.82 Å². The first kappa shape index (κ1) is 30.8. The van der Waals surface area contributed by atoms with Crippen LogP contribution in [-0.4, -0.2) is 52.2 Å². The number of ether oxygens (including phenoxy) is 2. The summed E-state index contributed by atoms with van der Waals surface area (Å²) in [6.07, 6.45) is 1.50. The molecule has 230 valence electrons. The van der Waals surface area contributed by atoms with E-state index in [2.05, 4.69) is 42.3 Å². The van der Waals surface area contributed by atoms with Crippen LogP contribution in [0, 0.1) is 0 Å². The molecule has 45 heavy (non-hydrogen) atoms. The zero-order chi connectivity index (χ0) is 31.7. The second-order valence-corrected chi connectivity index (χ2v) is 14.1. The molecule has 0 bridgehead atoms. The van der Waals surface area contributed by atoms with Crippen molar-refractivity contribution in [2.75, 3.05) is 5.73 Å². The zero-order valence-corrected chi connectivity index (χ0v) is 26.6. The lowest BCUT2D eigenvalue weighted by Gasteiger charge is -2.50. The van der Waals surface area contributed by atoms with Crippen LogP contribution >= 0.6 is 0 Å². The number of nitrogens with two attached hydrogens (primary N) is 1. The van der Waals surface area contributed by atoms with Crippen LogP contribution in [-0.2, 0) is 26.1 Å². The number of benzene rings is 3. The Kier molecular flexibility index (Phi) is 8.42. The Morgan fingerprint density at radius 1 is 0.956 bits per heavy atom. The van der Waals surface area contributed by atoms with Crippen molar-refractivity contribution >= 4 is 26.7 Å². The fraction of sp³-hybridized carbons (Fsp3) is 0.286. The fourth-order valence-corrected chi connectivity index (χ4v) is 6.84. The third kappa shape index (κ3) is 5.49. The third-order valence-corrected chi connectivity index (χ3v) is 9.02. The smallest absolute Gasteiger partial charge is 0.237 e. The van der Waals surface area contributed by atoms with E-state index in [0.717, 1.165) is 16.7 Å². The first-order chi connectivity index (χ1) is 21.7. The van der Waals surface area contributed by atoms with E-state index in [1.807, 2.05) is 91.0 Å². The summed E-state index contributed by atoms with van der Waals surface area (Å²) in [5, 5.41) is 12.1. The van der Waals surface area contributed by atoms with E-state index in [4.69, 9.17) is 19.6 Å². The highest BCUT2D eigenvalue weighted by Crippen LogP contribution is 2.55. The number of aromatic nitrogens is 4. The van der Waals surface area contributed by atoms with Crippen molar-refractivity contribution in [1.29, 1.82) is 0 Å². The maximum atomic E-state index is 12.3. The van der Waals surface area contributed by atoms with E-state index >= 15 is 0 Å². The Hall–Kier alpha value is -4.19. The second-order valence-electron chi connectivity index (χ2n) is 12.2. The Bertz CT molecular complexity index is 1710. The van der Waals surface area contributed by atoms with Gasteiger partial charge in [0, 0.05) is 0 Å². The van der Waals surface area contributed by atoms with Gasteiger partial charge in [0.2, 0.25) is 9.76 Å². The number of anilines is 1. The number of aliphatic hydroxyl groups is 1. The van der Waals surface area contributed by atoms with Gasteiger partial charge in [-0.25, -0.2) is 15.0 Å². The summed E-state index contributed by atoms with van der Waals surface area (Å²) in [5.41, 5.74) is 6.82. The predicted molar refractivity (Wildman–Crippen MR) is 174 cm³/mol. The molecule has 1 aliphatic rings. The summed E-state index contributed by atoms with van der Waals surface area (Å²) in [6, 6.07) is 29.7. The molecule has 4 unspecified atom stereocenters. The van der Waals surface area contributed by atoms with Gasteiger partial charge >= 0.3 is 0 Å². The van der Waals surface area contributed by atoms with Crippen LogP contribution in [0.3, 0.4) is 0 Å². The minimum Gasteiger partial charge on any atom is -0.401 e. The summed E-state index contributed by atoms with van der Waals surface area (Å²) in [6.45, 7) is 11.0. The number of fused-ring (bicyclic) bond motifs is 1. The molecule has 1 saturated heterocycles. The van der Waals surface area contributed by atoms with E-state index in [1.165, 1.54) is 6.33 Å². The standard InChI is InChI=1S/C35H37N5O4Si/c1-5-34(35(44-45-33(2,3)4,25-17-11-7-12-18-25)26-19-13-8-14-20-26)29(42-21-24-15-9-6-10-16-24)28(41)32(43-34)40-23-39-27-30(36)37-22-38-31(27)40/h5-20,22-23,28-29,32,41H,1,21H2,2-4H3,(H2,36,37,38). The molecule has 0 aliphatic carbocycles. The molecular weight excluding hydrogens is 583 g/mol. The molecule has 0 saturated carbocycles. The summed E-state index contributed by atoms with van der Waals surface area (Å²) in [7, 11) is 0.0375. The molecule has 0 spiro atoms. The number of nitrogen functional groups attached to an aromatic ring is 1. The minimum absolute atomic E-state index is 0.0375. The minimum atomic E-state index is -1.46. The fourth-order valence-electron chi connectivity index (χ4n) is 5.98. The predicted octanol–water partition coefficient (Wildman–Crippen LogP) is 5.61. The van der Waals surface area contributed by atoms with Crippen molar-refractivity contribution in [1.82, 2.24) is 19.5 Å². The largest absolute Gasteiger partial charge is 0.401 e. The molecule has 2 aromatic heterocycles. The van der Waals surface area contributed by atoms with Gasteiger partial charge in [-0.05, 0) is 21.7 Å². The van der Waals surface area contributed by atoms with E-state index in [0.29, 0.717) is 11.2 Å². The first-order valence-electron chi connectivity index (χ1n) is 14.8. The van der Waals surface area contributed by atoms with Crippen LogP contribution in [0.15, 0.2) is 116 Å². The van der Waals surface area contributed by atoms with Gasteiger partial charge in [0.25, 0.3) is 0 Å². The average molecular weight is 620 g/mol. The highest BCUT2D eigenvalue weighted by Gasteiger charge is 2.67. The highest BCUT2D eigenvalue weighted by molar-refractivity contribution is 6.32. The van der Waals surface area contributed by atoms with Crippen molar-refractivity contribution in [3.63, 3.8) is 0 Å². The van der Waals surface area contributed by atoms with E-state index < -0.39 is 29.6 Å². The van der Waals surface area contributed by atoms with Gasteiger partial charge in [-0.1, -0.05) is 124 Å². The van der Waals surface area contributed by atoms with Crippen LogP contribution in [0.5, 0.6) is 0 Å². The molecule has 2 radical (unpaired) electrons. The first-order valence-corrected chi connectivity index (χ1v) is 15.8. The number of hydrogen-bond acceptors (Lipinski definition) is 8. The van der Waals surface area contributed by atoms with Crippen LogP contribution in [0.1, 0.15) is 43.7 Å². The van der Waals surface area contributed by atoms with E-state index in [1.54, 1.807) is 17.0 Å². The molecule has 4 atom stereocenters. The van der Waals surface area contributed by atoms with Crippen molar-refractivity contribution < 1.29 is 19.0 Å². The van der Waals surface area contributed by atoms with Gasteiger partial charge in [-0.3, -0.25) is 4.57 Å². The SMILES string of the molecule is C=CC1(C(O[Si]C(C)(C)C)(c2ccccc2)c2ccccc2)OC(n2cnc3c(N)ncnc32)C(O)C1OCc1ccccc1. The topological polar surface area (TPSA) is 118 Å². The molecule has 9 nitrogen and oxygen atoms in total. The Morgan fingerprint density at radius 2 is 1.56 bits per heavy atom. The number of rotatable bonds is 10. The van der Waals surface area contributed by atoms with Gasteiger partial charge in [0.05, 0.1) is 12.9 Å². The monoisotopic (exact) mass is 619 g/mol. The maximum Gasteiger partial charge on any atom is 0.237 e. The van der Waals surface area contributed by atoms with Crippen molar-refractivity contribution in [3.05, 3.63) is 133 Å². The van der Waals surface area contributed by atoms with Crippen LogP contribution in [0.2, 0.25) is 5.04 Å². The maximum absolute atomic E-state index is 12.3. The summed E-state index contributed by atoms with van der Waals surface area (Å²) in [5.74, 6) is 0.232. The molecule has 1 aliphatic heterocycles. The number of imidazole rings is 1. The summed E-state index contributed by atoms with van der Waals surface area (Å²) >= 11 is 0. The molecule has 10 heteroatoms. The normalized spacial score (nSPS) is 22.1. The second kappa shape index (κ2) is 12.3. The molecule has 3 aromatic carbocycles. The number of nitrogens with zero attached hydrogens (tertiary/aromatic N) is 4. The van der Waals surface area contributed by atoms with Crippen molar-refractivity contribution in [2.24, 2.45) is 0 Å². The average Bonchev–Trinajstić information content (AvgIpc) is 3.61. The zero-order valence-electron chi connectivity index (χ0n) is 25.6. The Morgan fingerprint density at radius 3 is 2.13 bits per heavy atom. The van der Waals surface area contributed by atoms with Gasteiger partial charge in [-0.15, -0.1) is 0 Å². The molecule has 0 amide bonds. The molecule has 1 fully saturated rings. The van der Waals surface area contributed by atoms with Gasteiger partial charge in [0.1, 0.15) is 29.7 Å². The van der Waals surface area contributed by atoms with Crippen LogP contribution < -0.4 is 5.73 Å². The molecule has 3 heterocycles. The highest BCUT2D eigenvalue weighted by atomic mass is 28.2. The lowest BCUT2D eigenvalue weighted by molar-refractivity contribution is -0.176. The Balaban J connectivity index is 1.60. The van der Waals surface area contributed by atoms with Gasteiger partial charge < -0.3 is 24.7 Å². The van der Waals surface area contributed by atoms with Crippen molar-refractivity contribution in [3.8, 4) is 0 Å². The van der Waals surface area contributed by atoms with Gasteiger partial charge in [0.15, 0.2) is 23.3 Å². The molecule has 3 N–H and O–H groups in total. The lowest BCUT2D eigenvalue weighted by atomic mass is 9.70.